The van der Waals surface area contributed by atoms with Crippen molar-refractivity contribution in [2.75, 3.05) is 5.32 Å². The molecule has 0 fully saturated rings. The summed E-state index contributed by atoms with van der Waals surface area (Å²) >= 11 is 0. The summed E-state index contributed by atoms with van der Waals surface area (Å²) in [7, 11) is 0. The number of aliphatic carboxylic acids is 1. The second-order valence-corrected chi connectivity index (χ2v) is 5.15. The quantitative estimate of drug-likeness (QED) is 0.817. The molecular weight excluding hydrogens is 270 g/mol. The number of amides is 1. The summed E-state index contributed by atoms with van der Waals surface area (Å²) in [6, 6.07) is 5.35. The number of anilines is 1. The zero-order valence-electron chi connectivity index (χ0n) is 13.0. The Kier molecular flexibility index (Phi) is 5.52. The maximum absolute atomic E-state index is 12.0. The molecule has 0 heterocycles. The van der Waals surface area contributed by atoms with Gasteiger partial charge >= 0.3 is 5.97 Å². The Bertz CT molecular complexity index is 588. The molecule has 0 unspecified atom stereocenters. The first kappa shape index (κ1) is 16.8. The second kappa shape index (κ2) is 6.92. The summed E-state index contributed by atoms with van der Waals surface area (Å²) in [4.78, 5) is 22.9. The summed E-state index contributed by atoms with van der Waals surface area (Å²) in [5.41, 5.74) is 1.70. The smallest absolute Gasteiger partial charge is 0.331 e. The predicted octanol–water partition coefficient (Wildman–Crippen LogP) is 3.14. The fraction of sp³-hybridized carbons (Fsp3) is 0.375. The fourth-order valence-electron chi connectivity index (χ4n) is 1.67. The van der Waals surface area contributed by atoms with Gasteiger partial charge in [-0.3, -0.25) is 4.79 Å². The number of aryl methyl sites for hydroxylation is 1. The number of hydrogen-bond acceptors (Lipinski definition) is 3. The molecule has 0 spiro atoms. The number of hydrogen-bond donors (Lipinski definition) is 2. The molecule has 0 saturated carbocycles. The minimum atomic E-state index is -1.10. The highest BCUT2D eigenvalue weighted by molar-refractivity contribution is 6.08. The van der Waals surface area contributed by atoms with Gasteiger partial charge in [0.1, 0.15) is 5.75 Å². The summed E-state index contributed by atoms with van der Waals surface area (Å²) in [6.45, 7) is 8.63. The Hall–Kier alpha value is -2.30. The summed E-state index contributed by atoms with van der Waals surface area (Å²) in [5.74, 6) is -0.787. The van der Waals surface area contributed by atoms with Crippen LogP contribution in [-0.4, -0.2) is 23.1 Å². The zero-order chi connectivity index (χ0) is 16.2. The van der Waals surface area contributed by atoms with Crippen LogP contribution in [0.4, 0.5) is 5.69 Å². The van der Waals surface area contributed by atoms with Gasteiger partial charge in [-0.05, 0) is 58.4 Å². The standard InChI is InChI=1S/C16H21NO4/c1-9(2)21-13-6-7-14(10(3)8-13)17-15(18)11(4)12(5)16(19)20/h6-9H,1-5H3,(H,17,18)(H,19,20). The Labute approximate surface area is 124 Å². The molecule has 0 aromatic heterocycles. The molecule has 114 valence electrons. The van der Waals surface area contributed by atoms with Gasteiger partial charge in [0.05, 0.1) is 6.10 Å². The van der Waals surface area contributed by atoms with Gasteiger partial charge in [-0.15, -0.1) is 0 Å². The van der Waals surface area contributed by atoms with Gasteiger partial charge in [-0.2, -0.15) is 0 Å². The summed E-state index contributed by atoms with van der Waals surface area (Å²) in [5, 5.41) is 11.6. The highest BCUT2D eigenvalue weighted by Crippen LogP contribution is 2.23. The van der Waals surface area contributed by atoms with Crippen LogP contribution in [-0.2, 0) is 9.59 Å². The lowest BCUT2D eigenvalue weighted by Crippen LogP contribution is -2.17. The molecule has 0 saturated heterocycles. The van der Waals surface area contributed by atoms with E-state index < -0.39 is 11.9 Å². The Morgan fingerprint density at radius 3 is 2.29 bits per heavy atom. The molecule has 2 N–H and O–H groups in total. The second-order valence-electron chi connectivity index (χ2n) is 5.15. The summed E-state index contributed by atoms with van der Waals surface area (Å²) < 4.78 is 5.57. The van der Waals surface area contributed by atoms with Gasteiger partial charge in [0, 0.05) is 16.8 Å². The molecule has 21 heavy (non-hydrogen) atoms. The van der Waals surface area contributed by atoms with Crippen molar-refractivity contribution in [2.24, 2.45) is 0 Å². The summed E-state index contributed by atoms with van der Waals surface area (Å²) in [6.07, 6.45) is 0.0771. The van der Waals surface area contributed by atoms with Crippen molar-refractivity contribution in [1.29, 1.82) is 0 Å². The van der Waals surface area contributed by atoms with Crippen molar-refractivity contribution >= 4 is 17.6 Å². The number of ether oxygens (including phenoxy) is 1. The molecular formula is C16H21NO4. The number of carboxylic acids is 1. The number of carbonyl (C=O) groups is 2. The molecule has 1 aromatic rings. The van der Waals surface area contributed by atoms with E-state index in [4.69, 9.17) is 9.84 Å². The fourth-order valence-corrected chi connectivity index (χ4v) is 1.67. The number of carboxylic acid groups (broad SMARTS) is 1. The van der Waals surface area contributed by atoms with Crippen LogP contribution in [0.25, 0.3) is 0 Å². The van der Waals surface area contributed by atoms with E-state index >= 15 is 0 Å². The first-order valence-electron chi connectivity index (χ1n) is 6.71. The van der Waals surface area contributed by atoms with Crippen molar-refractivity contribution in [3.05, 3.63) is 34.9 Å². The highest BCUT2D eigenvalue weighted by Gasteiger charge is 2.13. The molecule has 5 nitrogen and oxygen atoms in total. The minimum absolute atomic E-state index is 0.0323. The average molecular weight is 291 g/mol. The highest BCUT2D eigenvalue weighted by atomic mass is 16.5. The van der Waals surface area contributed by atoms with Crippen molar-refractivity contribution < 1.29 is 19.4 Å². The van der Waals surface area contributed by atoms with Crippen LogP contribution in [0.15, 0.2) is 29.3 Å². The van der Waals surface area contributed by atoms with Crippen molar-refractivity contribution in [3.8, 4) is 5.75 Å². The molecule has 0 aliphatic carbocycles. The van der Waals surface area contributed by atoms with Gasteiger partial charge in [-0.1, -0.05) is 0 Å². The molecule has 0 aliphatic rings. The number of nitrogens with one attached hydrogen (secondary N) is 1. The lowest BCUT2D eigenvalue weighted by atomic mass is 10.1. The van der Waals surface area contributed by atoms with E-state index in [1.807, 2.05) is 26.8 Å². The van der Waals surface area contributed by atoms with Crippen molar-refractivity contribution in [3.63, 3.8) is 0 Å². The molecule has 0 bridgehead atoms. The molecule has 1 rings (SSSR count). The van der Waals surface area contributed by atoms with Crippen LogP contribution in [0.2, 0.25) is 0 Å². The van der Waals surface area contributed by atoms with Gasteiger partial charge in [0.2, 0.25) is 0 Å². The Morgan fingerprint density at radius 1 is 1.19 bits per heavy atom. The normalized spacial score (nSPS) is 11.9. The minimum Gasteiger partial charge on any atom is -0.491 e. The average Bonchev–Trinajstić information content (AvgIpc) is 2.39. The molecule has 5 heteroatoms. The largest absolute Gasteiger partial charge is 0.491 e. The third kappa shape index (κ3) is 4.63. The third-order valence-electron chi connectivity index (χ3n) is 3.04. The third-order valence-corrected chi connectivity index (χ3v) is 3.04. The van der Waals surface area contributed by atoms with E-state index in [1.165, 1.54) is 13.8 Å². The first-order valence-corrected chi connectivity index (χ1v) is 6.71. The van der Waals surface area contributed by atoms with Crippen molar-refractivity contribution in [1.82, 2.24) is 0 Å². The molecule has 1 aromatic carbocycles. The lowest BCUT2D eigenvalue weighted by Gasteiger charge is -2.13. The van der Waals surface area contributed by atoms with Crippen LogP contribution >= 0.6 is 0 Å². The van der Waals surface area contributed by atoms with E-state index in [1.54, 1.807) is 12.1 Å². The van der Waals surface area contributed by atoms with Gasteiger partial charge in [0.25, 0.3) is 5.91 Å². The Balaban J connectivity index is 2.92. The van der Waals surface area contributed by atoms with Crippen LogP contribution < -0.4 is 10.1 Å². The van der Waals surface area contributed by atoms with Gasteiger partial charge in [0.15, 0.2) is 0 Å². The molecule has 0 atom stereocenters. The van der Waals surface area contributed by atoms with Gasteiger partial charge < -0.3 is 15.2 Å². The van der Waals surface area contributed by atoms with Crippen LogP contribution in [0.5, 0.6) is 5.75 Å². The maximum atomic E-state index is 12.0. The SMILES string of the molecule is CC(C(=O)O)=C(C)C(=O)Nc1ccc(OC(C)C)cc1C. The van der Waals surface area contributed by atoms with E-state index in [0.29, 0.717) is 5.69 Å². The van der Waals surface area contributed by atoms with E-state index in [-0.39, 0.29) is 17.3 Å². The number of rotatable bonds is 5. The molecule has 1 amide bonds. The first-order chi connectivity index (χ1) is 9.72. The lowest BCUT2D eigenvalue weighted by molar-refractivity contribution is -0.133. The molecule has 0 radical (unpaired) electrons. The van der Waals surface area contributed by atoms with E-state index in [2.05, 4.69) is 5.32 Å². The van der Waals surface area contributed by atoms with Crippen molar-refractivity contribution in [2.45, 2.75) is 40.7 Å². The molecule has 0 aliphatic heterocycles. The monoisotopic (exact) mass is 291 g/mol. The van der Waals surface area contributed by atoms with Crippen LogP contribution in [0, 0.1) is 6.92 Å². The topological polar surface area (TPSA) is 75.6 Å². The van der Waals surface area contributed by atoms with Crippen LogP contribution in [0.1, 0.15) is 33.3 Å². The predicted molar refractivity (Wildman–Crippen MR) is 81.6 cm³/mol. The number of benzene rings is 1. The Morgan fingerprint density at radius 2 is 1.81 bits per heavy atom. The van der Waals surface area contributed by atoms with Crippen LogP contribution in [0.3, 0.4) is 0 Å². The van der Waals surface area contributed by atoms with E-state index in [0.717, 1.165) is 11.3 Å². The van der Waals surface area contributed by atoms with Gasteiger partial charge in [-0.25, -0.2) is 4.79 Å². The van der Waals surface area contributed by atoms with E-state index in [9.17, 15) is 9.59 Å². The maximum Gasteiger partial charge on any atom is 0.331 e. The number of carbonyl (C=O) groups excluding carboxylic acids is 1. The zero-order valence-corrected chi connectivity index (χ0v) is 13.0.